The molecule has 0 spiro atoms. The van der Waals surface area contributed by atoms with Crippen molar-refractivity contribution in [2.75, 3.05) is 11.9 Å². The van der Waals surface area contributed by atoms with Crippen LogP contribution in [0.25, 0.3) is 0 Å². The SMILES string of the molecule is CCOC(=O)c1ccc(OC(C)C(=O)Nc2ccc(SC(F)F)cc2)cc1. The second-order valence-corrected chi connectivity index (χ2v) is 6.46. The first kappa shape index (κ1) is 20.7. The van der Waals surface area contributed by atoms with E-state index in [1.807, 2.05) is 0 Å². The second kappa shape index (κ2) is 9.91. The minimum Gasteiger partial charge on any atom is -0.481 e. The van der Waals surface area contributed by atoms with Crippen molar-refractivity contribution < 1.29 is 27.8 Å². The van der Waals surface area contributed by atoms with Crippen molar-refractivity contribution in [1.82, 2.24) is 0 Å². The van der Waals surface area contributed by atoms with E-state index in [1.165, 1.54) is 12.1 Å². The lowest BCUT2D eigenvalue weighted by Gasteiger charge is -2.15. The van der Waals surface area contributed by atoms with Gasteiger partial charge in [0.1, 0.15) is 5.75 Å². The number of hydrogen-bond donors (Lipinski definition) is 1. The summed E-state index contributed by atoms with van der Waals surface area (Å²) in [7, 11) is 0. The molecule has 144 valence electrons. The van der Waals surface area contributed by atoms with Gasteiger partial charge in [-0.15, -0.1) is 0 Å². The number of thioether (sulfide) groups is 1. The zero-order valence-corrected chi connectivity index (χ0v) is 15.6. The topological polar surface area (TPSA) is 64.6 Å². The number of esters is 1. The van der Waals surface area contributed by atoms with E-state index in [0.29, 0.717) is 33.7 Å². The molecule has 27 heavy (non-hydrogen) atoms. The summed E-state index contributed by atoms with van der Waals surface area (Å²) in [5, 5.41) is 2.65. The van der Waals surface area contributed by atoms with Crippen molar-refractivity contribution in [2.45, 2.75) is 30.6 Å². The molecule has 0 aliphatic rings. The number of alkyl halides is 2. The van der Waals surface area contributed by atoms with Crippen molar-refractivity contribution in [2.24, 2.45) is 0 Å². The van der Waals surface area contributed by atoms with Gasteiger partial charge in [0.25, 0.3) is 11.7 Å². The Morgan fingerprint density at radius 1 is 1.07 bits per heavy atom. The molecule has 8 heteroatoms. The van der Waals surface area contributed by atoms with Gasteiger partial charge in [-0.2, -0.15) is 8.78 Å². The molecule has 0 fully saturated rings. The highest BCUT2D eigenvalue weighted by Gasteiger charge is 2.16. The number of ether oxygens (including phenoxy) is 2. The molecule has 1 N–H and O–H groups in total. The van der Waals surface area contributed by atoms with Gasteiger partial charge < -0.3 is 14.8 Å². The first-order valence-electron chi connectivity index (χ1n) is 8.18. The van der Waals surface area contributed by atoms with E-state index in [2.05, 4.69) is 5.32 Å². The molecule has 0 saturated heterocycles. The van der Waals surface area contributed by atoms with Crippen LogP contribution in [0.1, 0.15) is 24.2 Å². The van der Waals surface area contributed by atoms with E-state index in [4.69, 9.17) is 9.47 Å². The van der Waals surface area contributed by atoms with Crippen LogP contribution in [-0.2, 0) is 9.53 Å². The molecule has 1 atom stereocenters. The first-order chi connectivity index (χ1) is 12.9. The van der Waals surface area contributed by atoms with Gasteiger partial charge in [0.05, 0.1) is 12.2 Å². The number of benzene rings is 2. The van der Waals surface area contributed by atoms with Gasteiger partial charge in [-0.3, -0.25) is 4.79 Å². The Bertz CT molecular complexity index is 766. The monoisotopic (exact) mass is 395 g/mol. The summed E-state index contributed by atoms with van der Waals surface area (Å²) in [6.07, 6.45) is -0.798. The Labute approximate surface area is 160 Å². The molecule has 5 nitrogen and oxygen atoms in total. The fourth-order valence-corrected chi connectivity index (χ4v) is 2.60. The fourth-order valence-electron chi connectivity index (χ4n) is 2.11. The number of rotatable bonds is 8. The molecular weight excluding hydrogens is 376 g/mol. The van der Waals surface area contributed by atoms with Crippen LogP contribution >= 0.6 is 11.8 Å². The maximum absolute atomic E-state index is 12.3. The molecule has 0 aliphatic heterocycles. The third-order valence-corrected chi connectivity index (χ3v) is 4.12. The predicted molar refractivity (Wildman–Crippen MR) is 99.4 cm³/mol. The highest BCUT2D eigenvalue weighted by molar-refractivity contribution is 7.99. The molecule has 1 unspecified atom stereocenters. The van der Waals surface area contributed by atoms with Crippen LogP contribution < -0.4 is 10.1 Å². The summed E-state index contributed by atoms with van der Waals surface area (Å²) in [4.78, 5) is 24.2. The van der Waals surface area contributed by atoms with Crippen molar-refractivity contribution in [3.63, 3.8) is 0 Å². The van der Waals surface area contributed by atoms with Crippen molar-refractivity contribution in [3.8, 4) is 5.75 Å². The summed E-state index contributed by atoms with van der Waals surface area (Å²) in [6.45, 7) is 3.59. The van der Waals surface area contributed by atoms with Gasteiger partial charge in [0.15, 0.2) is 6.10 Å². The molecule has 0 bridgehead atoms. The van der Waals surface area contributed by atoms with Crippen LogP contribution in [0.3, 0.4) is 0 Å². The quantitative estimate of drug-likeness (QED) is 0.523. The molecule has 2 aromatic rings. The van der Waals surface area contributed by atoms with Gasteiger partial charge in [0.2, 0.25) is 0 Å². The summed E-state index contributed by atoms with van der Waals surface area (Å²) in [5.74, 6) is -2.88. The van der Waals surface area contributed by atoms with Crippen molar-refractivity contribution in [3.05, 3.63) is 54.1 Å². The third kappa shape index (κ3) is 6.56. The van der Waals surface area contributed by atoms with Crippen LogP contribution in [0.2, 0.25) is 0 Å². The number of carbonyl (C=O) groups excluding carboxylic acids is 2. The maximum Gasteiger partial charge on any atom is 0.338 e. The fraction of sp³-hybridized carbons (Fsp3) is 0.263. The zero-order chi connectivity index (χ0) is 19.8. The lowest BCUT2D eigenvalue weighted by atomic mass is 10.2. The van der Waals surface area contributed by atoms with Crippen LogP contribution in [0, 0.1) is 0 Å². The number of carbonyl (C=O) groups is 2. The van der Waals surface area contributed by atoms with Crippen LogP contribution in [0.15, 0.2) is 53.4 Å². The third-order valence-electron chi connectivity index (χ3n) is 3.39. The van der Waals surface area contributed by atoms with Crippen LogP contribution in [-0.4, -0.2) is 30.3 Å². The molecule has 0 heterocycles. The Kier molecular flexibility index (Phi) is 7.60. The number of anilines is 1. The Morgan fingerprint density at radius 2 is 1.70 bits per heavy atom. The minimum atomic E-state index is -2.49. The van der Waals surface area contributed by atoms with E-state index in [1.54, 1.807) is 50.2 Å². The second-order valence-electron chi connectivity index (χ2n) is 5.40. The van der Waals surface area contributed by atoms with E-state index < -0.39 is 23.7 Å². The van der Waals surface area contributed by atoms with Crippen LogP contribution in [0.4, 0.5) is 14.5 Å². The Balaban J connectivity index is 1.90. The Morgan fingerprint density at radius 3 is 2.26 bits per heavy atom. The highest BCUT2D eigenvalue weighted by atomic mass is 32.2. The smallest absolute Gasteiger partial charge is 0.338 e. The van der Waals surface area contributed by atoms with Gasteiger partial charge in [-0.25, -0.2) is 4.79 Å². The Hall–Kier alpha value is -2.61. The number of hydrogen-bond acceptors (Lipinski definition) is 5. The summed E-state index contributed by atoms with van der Waals surface area (Å²) in [5.41, 5.74) is 0.870. The standard InChI is InChI=1S/C19H19F2NO4S/c1-3-25-18(24)13-4-8-15(9-5-13)26-12(2)17(23)22-14-6-10-16(11-7-14)27-19(20)21/h4-12,19H,3H2,1-2H3,(H,22,23). The van der Waals surface area contributed by atoms with Gasteiger partial charge in [0, 0.05) is 10.6 Å². The molecule has 0 aromatic heterocycles. The average molecular weight is 395 g/mol. The normalized spacial score (nSPS) is 11.7. The largest absolute Gasteiger partial charge is 0.481 e. The molecule has 1 amide bonds. The molecule has 0 aliphatic carbocycles. The van der Waals surface area contributed by atoms with Gasteiger partial charge in [-0.1, -0.05) is 11.8 Å². The lowest BCUT2D eigenvalue weighted by molar-refractivity contribution is -0.122. The van der Waals surface area contributed by atoms with Crippen LogP contribution in [0.5, 0.6) is 5.75 Å². The molecular formula is C19H19F2NO4S. The minimum absolute atomic E-state index is 0.288. The molecule has 0 saturated carbocycles. The lowest BCUT2D eigenvalue weighted by Crippen LogP contribution is -2.30. The van der Waals surface area contributed by atoms with E-state index in [0.717, 1.165) is 0 Å². The van der Waals surface area contributed by atoms with Crippen molar-refractivity contribution in [1.29, 1.82) is 0 Å². The number of halogens is 2. The van der Waals surface area contributed by atoms with E-state index in [-0.39, 0.29) is 6.61 Å². The number of nitrogens with one attached hydrogen (secondary N) is 1. The van der Waals surface area contributed by atoms with Gasteiger partial charge in [-0.05, 0) is 62.4 Å². The predicted octanol–water partition coefficient (Wildman–Crippen LogP) is 4.58. The molecule has 0 radical (unpaired) electrons. The van der Waals surface area contributed by atoms with E-state index in [9.17, 15) is 18.4 Å². The first-order valence-corrected chi connectivity index (χ1v) is 9.06. The zero-order valence-electron chi connectivity index (χ0n) is 14.8. The summed E-state index contributed by atoms with van der Waals surface area (Å²) in [6, 6.07) is 12.4. The van der Waals surface area contributed by atoms with E-state index >= 15 is 0 Å². The summed E-state index contributed by atoms with van der Waals surface area (Å²) < 4.78 is 35.1. The molecule has 2 rings (SSSR count). The summed E-state index contributed by atoms with van der Waals surface area (Å²) >= 11 is 0.437. The highest BCUT2D eigenvalue weighted by Crippen LogP contribution is 2.26. The molecule has 2 aromatic carbocycles. The maximum atomic E-state index is 12.3. The average Bonchev–Trinajstić information content (AvgIpc) is 2.63. The van der Waals surface area contributed by atoms with Gasteiger partial charge >= 0.3 is 5.97 Å². The van der Waals surface area contributed by atoms with Crippen molar-refractivity contribution >= 4 is 29.3 Å². The number of amides is 1.